The third kappa shape index (κ3) is 7.09. The van der Waals surface area contributed by atoms with Crippen LogP contribution in [0.3, 0.4) is 0 Å². The van der Waals surface area contributed by atoms with Gasteiger partial charge >= 0.3 is 12.0 Å². The van der Waals surface area contributed by atoms with Gasteiger partial charge < -0.3 is 25.0 Å². The Morgan fingerprint density at radius 1 is 1.03 bits per heavy atom. The van der Waals surface area contributed by atoms with Crippen LogP contribution in [0.1, 0.15) is 26.0 Å². The topological polar surface area (TPSA) is 115 Å². The molecule has 0 aliphatic rings. The summed E-state index contributed by atoms with van der Waals surface area (Å²) in [5, 5.41) is 10.2. The fourth-order valence-corrected chi connectivity index (χ4v) is 3.84. The van der Waals surface area contributed by atoms with Crippen molar-refractivity contribution in [3.8, 4) is 22.6 Å². The number of hydrogen-bond acceptors (Lipinski definition) is 6. The number of amides is 3. The number of nitrogens with zero attached hydrogens (tertiary/aromatic N) is 3. The Kier molecular flexibility index (Phi) is 9.65. The molecule has 0 aliphatic carbocycles. The van der Waals surface area contributed by atoms with Crippen LogP contribution in [0, 0.1) is 6.92 Å². The number of nitrogens with one attached hydrogen (secondary N) is 2. The zero-order valence-corrected chi connectivity index (χ0v) is 21.6. The van der Waals surface area contributed by atoms with Crippen molar-refractivity contribution in [1.82, 2.24) is 20.0 Å². The molecule has 0 saturated carbocycles. The number of aromatic nitrogens is 2. The first-order valence-electron chi connectivity index (χ1n) is 12.2. The van der Waals surface area contributed by atoms with Crippen LogP contribution in [0.4, 0.5) is 10.6 Å². The summed E-state index contributed by atoms with van der Waals surface area (Å²) in [6, 6.07) is 16.5. The summed E-state index contributed by atoms with van der Waals surface area (Å²) < 4.78 is 11.8. The average molecular weight is 508 g/mol. The molecular formula is C27H33N5O5. The van der Waals surface area contributed by atoms with E-state index in [0.29, 0.717) is 24.5 Å². The van der Waals surface area contributed by atoms with Crippen LogP contribution in [-0.2, 0) is 14.3 Å². The third-order valence-electron chi connectivity index (χ3n) is 5.50. The second-order valence-electron chi connectivity index (χ2n) is 8.22. The van der Waals surface area contributed by atoms with Crippen molar-refractivity contribution in [3.63, 3.8) is 0 Å². The van der Waals surface area contributed by atoms with Crippen LogP contribution in [0.5, 0.6) is 5.75 Å². The number of benzene rings is 2. The lowest BCUT2D eigenvalue weighted by molar-refractivity contribution is -0.141. The van der Waals surface area contributed by atoms with E-state index in [1.807, 2.05) is 68.4 Å². The van der Waals surface area contributed by atoms with Crippen molar-refractivity contribution in [3.05, 3.63) is 60.3 Å². The van der Waals surface area contributed by atoms with Crippen LogP contribution in [0.25, 0.3) is 16.8 Å². The van der Waals surface area contributed by atoms with E-state index in [-0.39, 0.29) is 19.7 Å². The standard InChI is InChI=1S/C27H33N5O5/c1-5-16-31(27(35)28-17-24(34)37-6-2)18-23(33)29-26-25(20-10-8-7-9-11-20)19(3)30-32(26)21-12-14-22(36-4)15-13-21/h7-15H,5-6,16-18H2,1-4H3,(H,28,35)(H,29,33). The van der Waals surface area contributed by atoms with E-state index in [4.69, 9.17) is 14.6 Å². The number of carbonyl (C=O) groups excluding carboxylic acids is 3. The van der Waals surface area contributed by atoms with Gasteiger partial charge in [0.15, 0.2) is 0 Å². The van der Waals surface area contributed by atoms with Crippen molar-refractivity contribution in [2.45, 2.75) is 27.2 Å². The molecule has 0 unspecified atom stereocenters. The molecule has 0 atom stereocenters. The third-order valence-corrected chi connectivity index (χ3v) is 5.50. The molecule has 2 aromatic carbocycles. The predicted molar refractivity (Wildman–Crippen MR) is 141 cm³/mol. The Balaban J connectivity index is 1.88. The molecule has 0 spiro atoms. The molecule has 0 aliphatic heterocycles. The number of esters is 1. The van der Waals surface area contributed by atoms with E-state index in [1.165, 1.54) is 4.90 Å². The Labute approximate surface area is 216 Å². The Hall–Kier alpha value is -4.34. The predicted octanol–water partition coefficient (Wildman–Crippen LogP) is 3.78. The van der Waals surface area contributed by atoms with Gasteiger partial charge in [-0.3, -0.25) is 9.59 Å². The zero-order chi connectivity index (χ0) is 26.8. The molecule has 0 saturated heterocycles. The number of anilines is 1. The van der Waals surface area contributed by atoms with E-state index in [9.17, 15) is 14.4 Å². The largest absolute Gasteiger partial charge is 0.497 e. The first kappa shape index (κ1) is 27.3. The number of hydrogen-bond donors (Lipinski definition) is 2. The molecular weight excluding hydrogens is 474 g/mol. The van der Waals surface area contributed by atoms with E-state index >= 15 is 0 Å². The summed E-state index contributed by atoms with van der Waals surface area (Å²) in [6.45, 7) is 5.56. The molecule has 1 heterocycles. The summed E-state index contributed by atoms with van der Waals surface area (Å²) in [4.78, 5) is 38.9. The summed E-state index contributed by atoms with van der Waals surface area (Å²) in [6.07, 6.45) is 0.637. The molecule has 3 aromatic rings. The van der Waals surface area contributed by atoms with Crippen molar-refractivity contribution >= 4 is 23.7 Å². The minimum atomic E-state index is -0.539. The van der Waals surface area contributed by atoms with Crippen molar-refractivity contribution in [1.29, 1.82) is 0 Å². The lowest BCUT2D eigenvalue weighted by Crippen LogP contribution is -2.46. The second kappa shape index (κ2) is 13.1. The number of rotatable bonds is 11. The van der Waals surface area contributed by atoms with E-state index in [0.717, 1.165) is 22.5 Å². The molecule has 196 valence electrons. The normalized spacial score (nSPS) is 10.5. The van der Waals surface area contributed by atoms with Gasteiger partial charge in [-0.15, -0.1) is 0 Å². The number of urea groups is 1. The first-order chi connectivity index (χ1) is 17.9. The molecule has 2 N–H and O–H groups in total. The fourth-order valence-electron chi connectivity index (χ4n) is 3.84. The van der Waals surface area contributed by atoms with Gasteiger partial charge in [0.25, 0.3) is 0 Å². The van der Waals surface area contributed by atoms with Gasteiger partial charge in [-0.1, -0.05) is 37.3 Å². The Morgan fingerprint density at radius 2 is 1.73 bits per heavy atom. The zero-order valence-electron chi connectivity index (χ0n) is 21.6. The van der Waals surface area contributed by atoms with Gasteiger partial charge in [-0.2, -0.15) is 5.10 Å². The van der Waals surface area contributed by atoms with Gasteiger partial charge in [0, 0.05) is 12.1 Å². The quantitative estimate of drug-likeness (QED) is 0.382. The highest BCUT2D eigenvalue weighted by atomic mass is 16.5. The fraction of sp³-hybridized carbons (Fsp3) is 0.333. The molecule has 3 amide bonds. The van der Waals surface area contributed by atoms with Crippen molar-refractivity contribution < 1.29 is 23.9 Å². The van der Waals surface area contributed by atoms with Crippen LogP contribution in [-0.4, -0.2) is 65.9 Å². The van der Waals surface area contributed by atoms with Gasteiger partial charge in [-0.05, 0) is 50.1 Å². The lowest BCUT2D eigenvalue weighted by atomic mass is 10.1. The minimum absolute atomic E-state index is 0.205. The number of aryl methyl sites for hydroxylation is 1. The van der Waals surface area contributed by atoms with Crippen LogP contribution < -0.4 is 15.4 Å². The highest BCUT2D eigenvalue weighted by Gasteiger charge is 2.23. The van der Waals surface area contributed by atoms with Gasteiger partial charge in [-0.25, -0.2) is 9.48 Å². The van der Waals surface area contributed by atoms with Crippen molar-refractivity contribution in [2.75, 3.05) is 38.7 Å². The minimum Gasteiger partial charge on any atom is -0.497 e. The van der Waals surface area contributed by atoms with E-state index in [1.54, 1.807) is 18.7 Å². The highest BCUT2D eigenvalue weighted by Crippen LogP contribution is 2.33. The smallest absolute Gasteiger partial charge is 0.325 e. The maximum Gasteiger partial charge on any atom is 0.325 e. The molecule has 1 aromatic heterocycles. The molecule has 10 heteroatoms. The summed E-state index contributed by atoms with van der Waals surface area (Å²) in [7, 11) is 1.59. The average Bonchev–Trinajstić information content (AvgIpc) is 3.22. The van der Waals surface area contributed by atoms with E-state index in [2.05, 4.69) is 10.6 Å². The maximum atomic E-state index is 13.2. The molecule has 0 radical (unpaired) electrons. The molecule has 0 bridgehead atoms. The highest BCUT2D eigenvalue weighted by molar-refractivity contribution is 5.98. The van der Waals surface area contributed by atoms with Gasteiger partial charge in [0.05, 0.1) is 25.1 Å². The second-order valence-corrected chi connectivity index (χ2v) is 8.22. The maximum absolute atomic E-state index is 13.2. The first-order valence-corrected chi connectivity index (χ1v) is 12.2. The summed E-state index contributed by atoms with van der Waals surface area (Å²) in [5.74, 6) is 0.252. The summed E-state index contributed by atoms with van der Waals surface area (Å²) in [5.41, 5.74) is 3.14. The van der Waals surface area contributed by atoms with Crippen molar-refractivity contribution in [2.24, 2.45) is 0 Å². The Bertz CT molecular complexity index is 1210. The molecule has 3 rings (SSSR count). The SMILES string of the molecule is CCCN(CC(=O)Nc1c(-c2ccccc2)c(C)nn1-c1ccc(OC)cc1)C(=O)NCC(=O)OCC. The molecule has 0 fully saturated rings. The monoisotopic (exact) mass is 507 g/mol. The van der Waals surface area contributed by atoms with E-state index < -0.39 is 17.9 Å². The summed E-state index contributed by atoms with van der Waals surface area (Å²) >= 11 is 0. The van der Waals surface area contributed by atoms with Crippen LogP contribution >= 0.6 is 0 Å². The lowest BCUT2D eigenvalue weighted by Gasteiger charge is -2.22. The van der Waals surface area contributed by atoms with Gasteiger partial charge in [0.1, 0.15) is 24.7 Å². The number of carbonyl (C=O) groups is 3. The molecule has 37 heavy (non-hydrogen) atoms. The number of ether oxygens (including phenoxy) is 2. The van der Waals surface area contributed by atoms with Gasteiger partial charge in [0.2, 0.25) is 5.91 Å². The van der Waals surface area contributed by atoms with Crippen LogP contribution in [0.2, 0.25) is 0 Å². The molecule has 10 nitrogen and oxygen atoms in total. The number of methoxy groups -OCH3 is 1. The Morgan fingerprint density at radius 3 is 2.35 bits per heavy atom. The van der Waals surface area contributed by atoms with Crippen LogP contribution in [0.15, 0.2) is 54.6 Å².